The summed E-state index contributed by atoms with van der Waals surface area (Å²) in [6.07, 6.45) is 0. The van der Waals surface area contributed by atoms with Crippen LogP contribution in [0.25, 0.3) is 0 Å². The molecule has 0 fully saturated rings. The first-order valence-electron chi connectivity index (χ1n) is 9.88. The lowest BCUT2D eigenvalue weighted by molar-refractivity contribution is 0.0474. The summed E-state index contributed by atoms with van der Waals surface area (Å²) in [6.45, 7) is 10.5. The Labute approximate surface area is 181 Å². The van der Waals surface area contributed by atoms with Crippen molar-refractivity contribution in [1.82, 2.24) is 14.3 Å². The summed E-state index contributed by atoms with van der Waals surface area (Å²) in [5.41, 5.74) is 5.28. The zero-order chi connectivity index (χ0) is 22.0. The molecule has 7 heteroatoms. The fraction of sp³-hybridized carbons (Fsp3) is 0.348. The van der Waals surface area contributed by atoms with Gasteiger partial charge in [0.1, 0.15) is 10.7 Å². The lowest BCUT2D eigenvalue weighted by Gasteiger charge is -2.07. The van der Waals surface area contributed by atoms with Crippen LogP contribution in [-0.2, 0) is 17.8 Å². The number of carbonyl (C=O) groups is 2. The Bertz CT molecular complexity index is 1090. The zero-order valence-electron chi connectivity index (χ0n) is 18.0. The third kappa shape index (κ3) is 4.33. The standard InChI is InChI=1S/C23H26ClN3O3/c1-6-26-15(3)11-19(17(26)5)20(28)13-30-23(29)21-16(4)25-27(22(21)24)12-18-9-7-14(2)8-10-18/h7-11H,6,12-13H2,1-5H3. The van der Waals surface area contributed by atoms with E-state index < -0.39 is 5.97 Å². The van der Waals surface area contributed by atoms with Gasteiger partial charge < -0.3 is 9.30 Å². The molecule has 6 nitrogen and oxygen atoms in total. The molecule has 0 saturated heterocycles. The number of ether oxygens (including phenoxy) is 1. The minimum atomic E-state index is -0.648. The molecule has 2 aromatic heterocycles. The van der Waals surface area contributed by atoms with E-state index in [1.165, 1.54) is 0 Å². The van der Waals surface area contributed by atoms with Gasteiger partial charge in [-0.15, -0.1) is 0 Å². The molecule has 3 aromatic rings. The fourth-order valence-corrected chi connectivity index (χ4v) is 3.92. The number of nitrogens with zero attached hydrogens (tertiary/aromatic N) is 3. The molecule has 0 N–H and O–H groups in total. The van der Waals surface area contributed by atoms with Crippen LogP contribution < -0.4 is 0 Å². The van der Waals surface area contributed by atoms with Crippen LogP contribution >= 0.6 is 11.6 Å². The van der Waals surface area contributed by atoms with Gasteiger partial charge >= 0.3 is 5.97 Å². The summed E-state index contributed by atoms with van der Waals surface area (Å²) < 4.78 is 8.90. The summed E-state index contributed by atoms with van der Waals surface area (Å²) in [6, 6.07) is 9.83. The van der Waals surface area contributed by atoms with Gasteiger partial charge in [-0.1, -0.05) is 41.4 Å². The third-order valence-corrected chi connectivity index (χ3v) is 5.63. The zero-order valence-corrected chi connectivity index (χ0v) is 18.7. The number of Topliss-reactive ketones (excluding diaryl/α,β-unsaturated/α-hetero) is 1. The summed E-state index contributed by atoms with van der Waals surface area (Å²) in [4.78, 5) is 25.2. The van der Waals surface area contributed by atoms with E-state index >= 15 is 0 Å². The SMILES string of the molecule is CCn1c(C)cc(C(=O)COC(=O)c2c(C)nn(Cc3ccc(C)cc3)c2Cl)c1C. The van der Waals surface area contributed by atoms with Gasteiger partial charge in [-0.3, -0.25) is 4.79 Å². The Hall–Kier alpha value is -2.86. The molecule has 0 unspecified atom stereocenters. The van der Waals surface area contributed by atoms with E-state index in [1.54, 1.807) is 11.6 Å². The van der Waals surface area contributed by atoms with Crippen LogP contribution in [0.2, 0.25) is 5.15 Å². The average molecular weight is 428 g/mol. The van der Waals surface area contributed by atoms with Crippen LogP contribution in [0, 0.1) is 27.7 Å². The van der Waals surface area contributed by atoms with Crippen LogP contribution in [0.5, 0.6) is 0 Å². The van der Waals surface area contributed by atoms with Crippen molar-refractivity contribution in [1.29, 1.82) is 0 Å². The Balaban J connectivity index is 1.72. The molecule has 0 spiro atoms. The highest BCUT2D eigenvalue weighted by Gasteiger charge is 2.23. The normalized spacial score (nSPS) is 11.0. The monoisotopic (exact) mass is 427 g/mol. The Morgan fingerprint density at radius 2 is 1.77 bits per heavy atom. The van der Waals surface area contributed by atoms with Crippen LogP contribution in [0.15, 0.2) is 30.3 Å². The maximum atomic E-state index is 12.6. The molecule has 0 amide bonds. The van der Waals surface area contributed by atoms with E-state index in [2.05, 4.69) is 5.10 Å². The van der Waals surface area contributed by atoms with E-state index in [0.717, 1.165) is 29.1 Å². The molecule has 0 radical (unpaired) electrons. The smallest absolute Gasteiger partial charge is 0.343 e. The van der Waals surface area contributed by atoms with Crippen molar-refractivity contribution in [3.8, 4) is 0 Å². The highest BCUT2D eigenvalue weighted by Crippen LogP contribution is 2.22. The third-order valence-electron chi connectivity index (χ3n) is 5.25. The number of hydrogen-bond acceptors (Lipinski definition) is 4. The second-order valence-corrected chi connectivity index (χ2v) is 7.78. The quantitative estimate of drug-likeness (QED) is 0.405. The number of esters is 1. The number of ketones is 1. The number of carbonyl (C=O) groups excluding carboxylic acids is 2. The van der Waals surface area contributed by atoms with E-state index in [0.29, 0.717) is 17.8 Å². The summed E-state index contributed by atoms with van der Waals surface area (Å²) in [5, 5.41) is 4.57. The van der Waals surface area contributed by atoms with Gasteiger partial charge in [0.25, 0.3) is 0 Å². The van der Waals surface area contributed by atoms with Crippen molar-refractivity contribution in [2.24, 2.45) is 0 Å². The predicted octanol–water partition coefficient (Wildman–Crippen LogP) is 4.68. The highest BCUT2D eigenvalue weighted by atomic mass is 35.5. The predicted molar refractivity (Wildman–Crippen MR) is 116 cm³/mol. The first-order valence-corrected chi connectivity index (χ1v) is 10.3. The van der Waals surface area contributed by atoms with Crippen molar-refractivity contribution in [2.45, 2.75) is 47.7 Å². The van der Waals surface area contributed by atoms with E-state index in [4.69, 9.17) is 16.3 Å². The average Bonchev–Trinajstić information content (AvgIpc) is 3.15. The number of aryl methyl sites for hydroxylation is 3. The molecular weight excluding hydrogens is 402 g/mol. The number of aromatic nitrogens is 3. The second-order valence-electron chi connectivity index (χ2n) is 7.42. The van der Waals surface area contributed by atoms with Crippen molar-refractivity contribution in [3.05, 3.63) is 74.8 Å². The summed E-state index contributed by atoms with van der Waals surface area (Å²) in [5.74, 6) is -0.887. The molecule has 158 valence electrons. The van der Waals surface area contributed by atoms with Crippen molar-refractivity contribution in [3.63, 3.8) is 0 Å². The molecule has 0 atom stereocenters. The Morgan fingerprint density at radius 1 is 1.10 bits per heavy atom. The molecule has 30 heavy (non-hydrogen) atoms. The van der Waals surface area contributed by atoms with Gasteiger partial charge in [-0.2, -0.15) is 5.10 Å². The topological polar surface area (TPSA) is 66.1 Å². The molecule has 0 bridgehead atoms. The molecule has 1 aromatic carbocycles. The van der Waals surface area contributed by atoms with Gasteiger partial charge in [0.15, 0.2) is 6.61 Å². The number of hydrogen-bond donors (Lipinski definition) is 0. The Kier molecular flexibility index (Phi) is 6.46. The number of rotatable bonds is 7. The van der Waals surface area contributed by atoms with E-state index in [1.807, 2.05) is 62.6 Å². The molecule has 3 rings (SSSR count). The van der Waals surface area contributed by atoms with Crippen molar-refractivity contribution in [2.75, 3.05) is 6.61 Å². The number of benzene rings is 1. The molecule has 0 aliphatic rings. The van der Waals surface area contributed by atoms with Crippen molar-refractivity contribution >= 4 is 23.4 Å². The van der Waals surface area contributed by atoms with Crippen LogP contribution in [0.4, 0.5) is 0 Å². The first kappa shape index (κ1) is 21.8. The molecule has 2 heterocycles. The van der Waals surface area contributed by atoms with Crippen molar-refractivity contribution < 1.29 is 14.3 Å². The minimum Gasteiger partial charge on any atom is -0.454 e. The lowest BCUT2D eigenvalue weighted by atomic mass is 10.1. The van der Waals surface area contributed by atoms with Gasteiger partial charge in [0.05, 0.1) is 12.2 Å². The van der Waals surface area contributed by atoms with Crippen LogP contribution in [0.1, 0.15) is 55.8 Å². The summed E-state index contributed by atoms with van der Waals surface area (Å²) in [7, 11) is 0. The molecule has 0 aliphatic heterocycles. The van der Waals surface area contributed by atoms with Gasteiger partial charge in [0, 0.05) is 23.5 Å². The van der Waals surface area contributed by atoms with E-state index in [9.17, 15) is 9.59 Å². The number of halogens is 1. The van der Waals surface area contributed by atoms with Gasteiger partial charge in [0.2, 0.25) is 5.78 Å². The molecule has 0 saturated carbocycles. The summed E-state index contributed by atoms with van der Waals surface area (Å²) >= 11 is 6.42. The second kappa shape index (κ2) is 8.88. The highest BCUT2D eigenvalue weighted by molar-refractivity contribution is 6.32. The van der Waals surface area contributed by atoms with E-state index in [-0.39, 0.29) is 23.1 Å². The first-order chi connectivity index (χ1) is 14.2. The molecular formula is C23H26ClN3O3. The van der Waals surface area contributed by atoms with Crippen LogP contribution in [0.3, 0.4) is 0 Å². The van der Waals surface area contributed by atoms with Gasteiger partial charge in [-0.05, 0) is 46.2 Å². The molecule has 0 aliphatic carbocycles. The fourth-order valence-electron chi connectivity index (χ4n) is 3.61. The lowest BCUT2D eigenvalue weighted by Crippen LogP contribution is -2.15. The largest absolute Gasteiger partial charge is 0.454 e. The van der Waals surface area contributed by atoms with Crippen LogP contribution in [-0.4, -0.2) is 32.7 Å². The maximum Gasteiger partial charge on any atom is 0.343 e. The minimum absolute atomic E-state index is 0.190. The maximum absolute atomic E-state index is 12.6. The van der Waals surface area contributed by atoms with Gasteiger partial charge in [-0.25, -0.2) is 9.48 Å². The Morgan fingerprint density at radius 3 is 2.37 bits per heavy atom.